The van der Waals surface area contributed by atoms with Gasteiger partial charge in [0.2, 0.25) is 0 Å². The minimum absolute atomic E-state index is 0.0813. The number of nitrogens with one attached hydrogen (secondary N) is 1. The number of aromatic nitrogens is 3. The smallest absolute Gasteiger partial charge is 0.284 e. The Hall–Kier alpha value is -2.55. The monoisotopic (exact) mass is 418 g/mol. The van der Waals surface area contributed by atoms with Crippen LogP contribution in [0.3, 0.4) is 0 Å². The number of aliphatic hydroxyl groups is 1. The van der Waals surface area contributed by atoms with Crippen LogP contribution in [0.2, 0.25) is 5.02 Å². The van der Waals surface area contributed by atoms with Crippen LogP contribution in [0.4, 0.5) is 0 Å². The summed E-state index contributed by atoms with van der Waals surface area (Å²) in [5, 5.41) is 19.4. The molecule has 28 heavy (non-hydrogen) atoms. The van der Waals surface area contributed by atoms with Crippen molar-refractivity contribution in [1.82, 2.24) is 19.5 Å². The molecule has 0 bridgehead atoms. The summed E-state index contributed by atoms with van der Waals surface area (Å²) in [5.74, 6) is -0.589. The average molecular weight is 419 g/mol. The largest absolute Gasteiger partial charge is 0.388 e. The van der Waals surface area contributed by atoms with E-state index in [1.807, 2.05) is 0 Å². The zero-order valence-electron chi connectivity index (χ0n) is 15.5. The van der Waals surface area contributed by atoms with Crippen molar-refractivity contribution in [3.8, 4) is 16.9 Å². The number of nitrogens with zero attached hydrogens (tertiary/aromatic N) is 3. The maximum absolute atomic E-state index is 12.9. The van der Waals surface area contributed by atoms with Gasteiger partial charge in [-0.25, -0.2) is 0 Å². The van der Waals surface area contributed by atoms with Crippen LogP contribution >= 0.6 is 23.1 Å². The zero-order chi connectivity index (χ0) is 20.5. The highest BCUT2D eigenvalue weighted by Crippen LogP contribution is 2.20. The lowest BCUT2D eigenvalue weighted by Gasteiger charge is -2.26. The van der Waals surface area contributed by atoms with E-state index >= 15 is 0 Å². The Morgan fingerprint density at radius 1 is 1.32 bits per heavy atom. The van der Waals surface area contributed by atoms with Crippen molar-refractivity contribution < 1.29 is 9.90 Å². The molecule has 146 valence electrons. The molecule has 0 aliphatic carbocycles. The van der Waals surface area contributed by atoms with Gasteiger partial charge in [-0.3, -0.25) is 9.59 Å². The Bertz CT molecular complexity index is 1040. The van der Waals surface area contributed by atoms with Gasteiger partial charge in [0.05, 0.1) is 29.2 Å². The van der Waals surface area contributed by atoms with E-state index in [1.165, 1.54) is 23.8 Å². The molecule has 0 saturated heterocycles. The Kier molecular flexibility index (Phi) is 5.64. The normalized spacial score (nSPS) is 12.6. The number of benzene rings is 1. The van der Waals surface area contributed by atoms with Crippen LogP contribution in [-0.4, -0.2) is 36.8 Å². The van der Waals surface area contributed by atoms with Crippen LogP contribution in [0.25, 0.3) is 16.9 Å². The fraction of sp³-hybridized carbons (Fsp3) is 0.263. The third kappa shape index (κ3) is 4.30. The van der Waals surface area contributed by atoms with E-state index in [0.29, 0.717) is 22.0 Å². The molecule has 1 amide bonds. The summed E-state index contributed by atoms with van der Waals surface area (Å²) in [7, 11) is 0. The standard InChI is InChI=1S/C19H19ClN4O3S/c1-11(19(2,3)27)22-17(25)15-8-16(12-4-6-13(20)7-5-12)23-24(18(15)26)14-9-21-28-10-14/h4-11,27H,1-3H3,(H,22,25)/t11-/m0/s1. The van der Waals surface area contributed by atoms with Crippen LogP contribution in [0.1, 0.15) is 31.1 Å². The quantitative estimate of drug-likeness (QED) is 0.664. The van der Waals surface area contributed by atoms with Gasteiger partial charge in [0, 0.05) is 16.0 Å². The Morgan fingerprint density at radius 2 is 2.00 bits per heavy atom. The van der Waals surface area contributed by atoms with Crippen molar-refractivity contribution in [3.63, 3.8) is 0 Å². The lowest BCUT2D eigenvalue weighted by Crippen LogP contribution is -2.48. The molecular formula is C19H19ClN4O3S. The molecule has 0 aliphatic heterocycles. The predicted octanol–water partition coefficient (Wildman–Crippen LogP) is 2.90. The molecule has 9 heteroatoms. The lowest BCUT2D eigenvalue weighted by molar-refractivity contribution is 0.0408. The van der Waals surface area contributed by atoms with Crippen molar-refractivity contribution in [1.29, 1.82) is 0 Å². The van der Waals surface area contributed by atoms with E-state index in [9.17, 15) is 14.7 Å². The molecule has 1 aromatic carbocycles. The van der Waals surface area contributed by atoms with E-state index in [2.05, 4.69) is 14.8 Å². The van der Waals surface area contributed by atoms with Gasteiger partial charge in [0.15, 0.2) is 0 Å². The molecule has 2 aromatic heterocycles. The van der Waals surface area contributed by atoms with Gasteiger partial charge in [-0.2, -0.15) is 14.2 Å². The second kappa shape index (κ2) is 7.83. The van der Waals surface area contributed by atoms with Crippen LogP contribution in [-0.2, 0) is 0 Å². The van der Waals surface area contributed by atoms with Gasteiger partial charge in [0.1, 0.15) is 5.56 Å². The minimum Gasteiger partial charge on any atom is -0.388 e. The van der Waals surface area contributed by atoms with Crippen LogP contribution < -0.4 is 10.9 Å². The Labute approximate surface area is 170 Å². The van der Waals surface area contributed by atoms with Gasteiger partial charge in [0.25, 0.3) is 11.5 Å². The molecule has 2 heterocycles. The minimum atomic E-state index is -1.14. The van der Waals surface area contributed by atoms with Gasteiger partial charge >= 0.3 is 0 Å². The van der Waals surface area contributed by atoms with Crippen molar-refractivity contribution in [2.45, 2.75) is 32.4 Å². The van der Waals surface area contributed by atoms with E-state index in [-0.39, 0.29) is 5.56 Å². The molecule has 2 N–H and O–H groups in total. The number of halogens is 1. The first-order chi connectivity index (χ1) is 13.2. The molecule has 7 nitrogen and oxygen atoms in total. The molecule has 0 fully saturated rings. The fourth-order valence-corrected chi connectivity index (χ4v) is 2.97. The van der Waals surface area contributed by atoms with E-state index in [1.54, 1.807) is 50.4 Å². The number of carbonyl (C=O) groups is 1. The summed E-state index contributed by atoms with van der Waals surface area (Å²) in [4.78, 5) is 25.7. The molecule has 0 aliphatic rings. The Balaban J connectivity index is 2.12. The van der Waals surface area contributed by atoms with Gasteiger partial charge in [-0.15, -0.1) is 0 Å². The molecule has 0 saturated carbocycles. The third-order valence-corrected chi connectivity index (χ3v) is 5.19. The van der Waals surface area contributed by atoms with Crippen molar-refractivity contribution in [2.24, 2.45) is 0 Å². The number of amides is 1. The van der Waals surface area contributed by atoms with Crippen LogP contribution in [0, 0.1) is 0 Å². The molecule has 0 spiro atoms. The maximum atomic E-state index is 12.9. The first-order valence-corrected chi connectivity index (χ1v) is 9.71. The first-order valence-electron chi connectivity index (χ1n) is 8.50. The molecular weight excluding hydrogens is 400 g/mol. The van der Waals surface area contributed by atoms with Gasteiger partial charge in [-0.05, 0) is 50.5 Å². The van der Waals surface area contributed by atoms with E-state index < -0.39 is 23.1 Å². The number of rotatable bonds is 5. The second-order valence-electron chi connectivity index (χ2n) is 6.90. The predicted molar refractivity (Wildman–Crippen MR) is 109 cm³/mol. The number of carbonyl (C=O) groups excluding carboxylic acids is 1. The van der Waals surface area contributed by atoms with Gasteiger partial charge in [-0.1, -0.05) is 23.7 Å². The Morgan fingerprint density at radius 3 is 2.57 bits per heavy atom. The molecule has 1 atom stereocenters. The van der Waals surface area contributed by atoms with E-state index in [0.717, 1.165) is 4.68 Å². The van der Waals surface area contributed by atoms with Crippen LogP contribution in [0.15, 0.2) is 46.7 Å². The maximum Gasteiger partial charge on any atom is 0.284 e. The molecule has 3 rings (SSSR count). The van der Waals surface area contributed by atoms with Gasteiger partial charge < -0.3 is 10.4 Å². The SMILES string of the molecule is C[C@H](NC(=O)c1cc(-c2ccc(Cl)cc2)nn(-c2cnsc2)c1=O)C(C)(C)O. The highest BCUT2D eigenvalue weighted by atomic mass is 35.5. The summed E-state index contributed by atoms with van der Waals surface area (Å²) in [6.07, 6.45) is 1.51. The summed E-state index contributed by atoms with van der Waals surface area (Å²) >= 11 is 7.12. The molecule has 0 unspecified atom stereocenters. The summed E-state index contributed by atoms with van der Waals surface area (Å²) in [5.41, 5.74) is -0.191. The fourth-order valence-electron chi connectivity index (χ4n) is 2.35. The highest BCUT2D eigenvalue weighted by molar-refractivity contribution is 7.03. The molecule has 0 radical (unpaired) electrons. The topological polar surface area (TPSA) is 97.1 Å². The lowest BCUT2D eigenvalue weighted by atomic mass is 10.0. The molecule has 3 aromatic rings. The van der Waals surface area contributed by atoms with Crippen molar-refractivity contribution in [3.05, 3.63) is 62.8 Å². The summed E-state index contributed by atoms with van der Waals surface area (Å²) in [6, 6.07) is 7.79. The average Bonchev–Trinajstić information content (AvgIpc) is 3.16. The second-order valence-corrected chi connectivity index (χ2v) is 7.99. The zero-order valence-corrected chi connectivity index (χ0v) is 17.1. The first kappa shape index (κ1) is 20.2. The van der Waals surface area contributed by atoms with Crippen LogP contribution in [0.5, 0.6) is 0 Å². The highest BCUT2D eigenvalue weighted by Gasteiger charge is 2.26. The van der Waals surface area contributed by atoms with Crippen molar-refractivity contribution >= 4 is 29.0 Å². The van der Waals surface area contributed by atoms with Crippen molar-refractivity contribution in [2.75, 3.05) is 0 Å². The number of hydrogen-bond acceptors (Lipinski definition) is 6. The summed E-state index contributed by atoms with van der Waals surface area (Å²) in [6.45, 7) is 4.83. The summed E-state index contributed by atoms with van der Waals surface area (Å²) < 4.78 is 5.15. The van der Waals surface area contributed by atoms with E-state index in [4.69, 9.17) is 11.6 Å². The third-order valence-electron chi connectivity index (χ3n) is 4.37. The number of hydrogen-bond donors (Lipinski definition) is 2.